The third-order valence-electron chi connectivity index (χ3n) is 2.67. The van der Waals surface area contributed by atoms with Crippen molar-refractivity contribution >= 4 is 23.1 Å². The number of rotatable bonds is 6. The van der Waals surface area contributed by atoms with Gasteiger partial charge in [-0.1, -0.05) is 17.8 Å². The van der Waals surface area contributed by atoms with Crippen LogP contribution in [0, 0.1) is 6.92 Å². The van der Waals surface area contributed by atoms with Gasteiger partial charge in [0, 0.05) is 28.9 Å². The van der Waals surface area contributed by atoms with Crippen LogP contribution in [0.3, 0.4) is 0 Å². The van der Waals surface area contributed by atoms with Crippen molar-refractivity contribution in [3.05, 3.63) is 40.4 Å². The first kappa shape index (κ1) is 14.4. The van der Waals surface area contributed by atoms with E-state index in [1.165, 1.54) is 11.1 Å². The number of hydrogen-bond acceptors (Lipinski definition) is 5. The summed E-state index contributed by atoms with van der Waals surface area (Å²) in [6, 6.07) is 6.33. The minimum Gasteiger partial charge on any atom is -0.496 e. The van der Waals surface area contributed by atoms with Gasteiger partial charge in [-0.2, -0.15) is 0 Å². The van der Waals surface area contributed by atoms with Gasteiger partial charge in [-0.25, -0.2) is 4.98 Å². The first-order valence-electron chi connectivity index (χ1n) is 6.08. The minimum absolute atomic E-state index is 0.873. The van der Waals surface area contributed by atoms with Crippen molar-refractivity contribution in [3.63, 3.8) is 0 Å². The lowest BCUT2D eigenvalue weighted by Gasteiger charge is -2.10. The van der Waals surface area contributed by atoms with Gasteiger partial charge < -0.3 is 10.1 Å². The topological polar surface area (TPSA) is 34.1 Å². The molecule has 0 radical (unpaired) electrons. The Labute approximate surface area is 122 Å². The van der Waals surface area contributed by atoms with E-state index in [2.05, 4.69) is 27.8 Å². The van der Waals surface area contributed by atoms with Crippen molar-refractivity contribution in [2.24, 2.45) is 0 Å². The molecule has 0 fully saturated rings. The number of nitrogens with one attached hydrogen (secondary N) is 1. The second kappa shape index (κ2) is 6.93. The summed E-state index contributed by atoms with van der Waals surface area (Å²) in [5, 5.41) is 5.25. The zero-order valence-corrected chi connectivity index (χ0v) is 13.0. The quantitative estimate of drug-likeness (QED) is 0.827. The highest BCUT2D eigenvalue weighted by Gasteiger charge is 2.07. The molecule has 0 atom stereocenters. The average Bonchev–Trinajstić information content (AvgIpc) is 2.83. The van der Waals surface area contributed by atoms with Crippen LogP contribution in [0.2, 0.25) is 0 Å². The predicted octanol–water partition coefficient (Wildman–Crippen LogP) is 3.47. The molecule has 0 saturated heterocycles. The Morgan fingerprint density at radius 2 is 2.26 bits per heavy atom. The van der Waals surface area contributed by atoms with Gasteiger partial charge in [0.05, 0.1) is 7.11 Å². The standard InChI is InChI=1S/C14H18N2OS2/c1-10-8-18-14(16-10)19-9-12-6-11(7-15-2)4-5-13(12)17-3/h4-6,8,15H,7,9H2,1-3H3. The molecule has 0 aliphatic rings. The monoisotopic (exact) mass is 294 g/mol. The van der Waals surface area contributed by atoms with Gasteiger partial charge in [-0.15, -0.1) is 11.3 Å². The molecule has 102 valence electrons. The molecule has 0 amide bonds. The third-order valence-corrected chi connectivity index (χ3v) is 4.86. The lowest BCUT2D eigenvalue weighted by atomic mass is 10.1. The Bertz CT molecular complexity index is 540. The van der Waals surface area contributed by atoms with Gasteiger partial charge in [0.2, 0.25) is 0 Å². The first-order chi connectivity index (χ1) is 9.22. The summed E-state index contributed by atoms with van der Waals surface area (Å²) in [5.41, 5.74) is 3.57. The summed E-state index contributed by atoms with van der Waals surface area (Å²) in [6.45, 7) is 2.90. The molecule has 2 rings (SSSR count). The van der Waals surface area contributed by atoms with Crippen molar-refractivity contribution < 1.29 is 4.74 Å². The number of thioether (sulfide) groups is 1. The molecule has 0 spiro atoms. The smallest absolute Gasteiger partial charge is 0.150 e. The summed E-state index contributed by atoms with van der Waals surface area (Å²) >= 11 is 3.45. The lowest BCUT2D eigenvalue weighted by Crippen LogP contribution is -2.05. The predicted molar refractivity (Wildman–Crippen MR) is 82.2 cm³/mol. The summed E-state index contributed by atoms with van der Waals surface area (Å²) in [5.74, 6) is 1.83. The van der Waals surface area contributed by atoms with E-state index in [0.29, 0.717) is 0 Å². The van der Waals surface area contributed by atoms with E-state index in [4.69, 9.17) is 4.74 Å². The molecule has 2 aromatic rings. The molecule has 1 aromatic heterocycles. The van der Waals surface area contributed by atoms with Crippen LogP contribution in [0.25, 0.3) is 0 Å². The summed E-state index contributed by atoms with van der Waals surface area (Å²) in [7, 11) is 3.67. The van der Waals surface area contributed by atoms with Gasteiger partial charge in [0.15, 0.2) is 0 Å². The number of nitrogens with zero attached hydrogens (tertiary/aromatic N) is 1. The number of aryl methyl sites for hydroxylation is 1. The second-order valence-corrected chi connectivity index (χ2v) is 6.30. The van der Waals surface area contributed by atoms with Crippen molar-refractivity contribution in [2.45, 2.75) is 23.6 Å². The second-order valence-electron chi connectivity index (χ2n) is 4.22. The SMILES string of the molecule is CNCc1ccc(OC)c(CSc2nc(C)cs2)c1. The number of aromatic nitrogens is 1. The van der Waals surface area contributed by atoms with Gasteiger partial charge in [0.1, 0.15) is 10.1 Å². The Balaban J connectivity index is 2.10. The maximum atomic E-state index is 5.42. The van der Waals surface area contributed by atoms with Gasteiger partial charge in [-0.05, 0) is 31.7 Å². The summed E-state index contributed by atoms with van der Waals surface area (Å²) in [6.07, 6.45) is 0. The molecule has 0 aliphatic heterocycles. The zero-order chi connectivity index (χ0) is 13.7. The number of ether oxygens (including phenoxy) is 1. The molecule has 0 saturated carbocycles. The lowest BCUT2D eigenvalue weighted by molar-refractivity contribution is 0.411. The van der Waals surface area contributed by atoms with E-state index in [0.717, 1.165) is 28.1 Å². The fraction of sp³-hybridized carbons (Fsp3) is 0.357. The maximum Gasteiger partial charge on any atom is 0.150 e. The van der Waals surface area contributed by atoms with Crippen molar-refractivity contribution in [1.29, 1.82) is 0 Å². The zero-order valence-electron chi connectivity index (χ0n) is 11.4. The van der Waals surface area contributed by atoms with E-state index >= 15 is 0 Å². The Morgan fingerprint density at radius 1 is 1.42 bits per heavy atom. The van der Waals surface area contributed by atoms with Crippen LogP contribution in [0.1, 0.15) is 16.8 Å². The van der Waals surface area contributed by atoms with E-state index in [1.807, 2.05) is 20.0 Å². The van der Waals surface area contributed by atoms with Crippen LogP contribution in [0.5, 0.6) is 5.75 Å². The highest BCUT2D eigenvalue weighted by atomic mass is 32.2. The number of hydrogen-bond donors (Lipinski definition) is 1. The average molecular weight is 294 g/mol. The molecule has 0 unspecified atom stereocenters. The van der Waals surface area contributed by atoms with Crippen molar-refractivity contribution in [3.8, 4) is 5.75 Å². The molecule has 19 heavy (non-hydrogen) atoms. The fourth-order valence-electron chi connectivity index (χ4n) is 1.80. The number of thiazole rings is 1. The first-order valence-corrected chi connectivity index (χ1v) is 7.94. The van der Waals surface area contributed by atoms with Gasteiger partial charge in [-0.3, -0.25) is 0 Å². The van der Waals surface area contributed by atoms with Crippen LogP contribution >= 0.6 is 23.1 Å². The van der Waals surface area contributed by atoms with E-state index in [-0.39, 0.29) is 0 Å². The molecule has 0 aliphatic carbocycles. The molecule has 1 aromatic carbocycles. The Kier molecular flexibility index (Phi) is 5.24. The molecular formula is C14H18N2OS2. The van der Waals surface area contributed by atoms with Crippen LogP contribution < -0.4 is 10.1 Å². The Morgan fingerprint density at radius 3 is 2.89 bits per heavy atom. The van der Waals surface area contributed by atoms with Crippen molar-refractivity contribution in [1.82, 2.24) is 10.3 Å². The summed E-state index contributed by atoms with van der Waals surface area (Å²) in [4.78, 5) is 4.47. The van der Waals surface area contributed by atoms with Crippen molar-refractivity contribution in [2.75, 3.05) is 14.2 Å². The van der Waals surface area contributed by atoms with Crippen LogP contribution in [0.4, 0.5) is 0 Å². The number of methoxy groups -OCH3 is 1. The Hall–Kier alpha value is -1.04. The number of benzene rings is 1. The van der Waals surface area contributed by atoms with Gasteiger partial charge >= 0.3 is 0 Å². The molecule has 1 N–H and O–H groups in total. The third kappa shape index (κ3) is 3.96. The molecule has 1 heterocycles. The fourth-order valence-corrected chi connectivity index (χ4v) is 3.62. The molecular weight excluding hydrogens is 276 g/mol. The largest absolute Gasteiger partial charge is 0.496 e. The minimum atomic E-state index is 0.873. The summed E-state index contributed by atoms with van der Waals surface area (Å²) < 4.78 is 6.53. The molecule has 3 nitrogen and oxygen atoms in total. The van der Waals surface area contributed by atoms with E-state index < -0.39 is 0 Å². The van der Waals surface area contributed by atoms with Crippen LogP contribution in [-0.4, -0.2) is 19.1 Å². The highest BCUT2D eigenvalue weighted by Crippen LogP contribution is 2.30. The van der Waals surface area contributed by atoms with E-state index in [1.54, 1.807) is 30.2 Å². The van der Waals surface area contributed by atoms with E-state index in [9.17, 15) is 0 Å². The molecule has 5 heteroatoms. The normalized spacial score (nSPS) is 10.7. The van der Waals surface area contributed by atoms with Gasteiger partial charge in [0.25, 0.3) is 0 Å². The van der Waals surface area contributed by atoms with Crippen LogP contribution in [-0.2, 0) is 12.3 Å². The maximum absolute atomic E-state index is 5.42. The van der Waals surface area contributed by atoms with Crippen LogP contribution in [0.15, 0.2) is 27.9 Å². The highest BCUT2D eigenvalue weighted by molar-refractivity contribution is 8.00. The molecule has 0 bridgehead atoms.